The molecule has 0 saturated carbocycles. The molecule has 2 amide bonds. The lowest BCUT2D eigenvalue weighted by atomic mass is 10.0. The summed E-state index contributed by atoms with van der Waals surface area (Å²) in [6.45, 7) is 6.35. The number of rotatable bonds is 8. The van der Waals surface area contributed by atoms with Crippen LogP contribution in [0.25, 0.3) is 5.57 Å². The zero-order chi connectivity index (χ0) is 24.2. The molecule has 174 valence electrons. The average molecular weight is 457 g/mol. The van der Waals surface area contributed by atoms with Gasteiger partial charge in [0.1, 0.15) is 17.2 Å². The van der Waals surface area contributed by atoms with E-state index in [-0.39, 0.29) is 17.9 Å². The lowest BCUT2D eigenvalue weighted by Crippen LogP contribution is -2.34. The highest BCUT2D eigenvalue weighted by atomic mass is 16.5. The molecule has 1 aliphatic rings. The summed E-state index contributed by atoms with van der Waals surface area (Å²) in [5.41, 5.74) is 2.63. The van der Waals surface area contributed by atoms with Crippen molar-refractivity contribution in [2.75, 3.05) is 23.5 Å². The Morgan fingerprint density at radius 2 is 1.44 bits per heavy atom. The summed E-state index contributed by atoms with van der Waals surface area (Å²) in [7, 11) is 1.80. The maximum atomic E-state index is 13.7. The lowest BCUT2D eigenvalue weighted by Gasteiger charge is -2.21. The van der Waals surface area contributed by atoms with Crippen LogP contribution in [0.1, 0.15) is 26.3 Å². The van der Waals surface area contributed by atoms with E-state index in [1.165, 1.54) is 4.90 Å². The monoisotopic (exact) mass is 456 g/mol. The Balaban J connectivity index is 1.78. The van der Waals surface area contributed by atoms with Crippen LogP contribution >= 0.6 is 0 Å². The van der Waals surface area contributed by atoms with E-state index in [1.54, 1.807) is 36.2 Å². The third-order valence-corrected chi connectivity index (χ3v) is 5.46. The van der Waals surface area contributed by atoms with E-state index in [2.05, 4.69) is 0 Å². The van der Waals surface area contributed by atoms with Crippen molar-refractivity contribution in [3.8, 4) is 11.5 Å². The molecule has 0 fully saturated rings. The highest BCUT2D eigenvalue weighted by molar-refractivity contribution is 6.46. The third kappa shape index (κ3) is 4.53. The van der Waals surface area contributed by atoms with Crippen LogP contribution in [0, 0.1) is 0 Å². The van der Waals surface area contributed by atoms with Gasteiger partial charge in [-0.05, 0) is 74.9 Å². The van der Waals surface area contributed by atoms with E-state index < -0.39 is 0 Å². The number of ether oxygens (including phenoxy) is 2. The number of nitrogens with zero attached hydrogens (tertiary/aromatic N) is 2. The van der Waals surface area contributed by atoms with Crippen LogP contribution in [0.2, 0.25) is 0 Å². The fourth-order valence-corrected chi connectivity index (χ4v) is 3.94. The maximum Gasteiger partial charge on any atom is 0.282 e. The molecule has 0 aliphatic carbocycles. The zero-order valence-corrected chi connectivity index (χ0v) is 19.8. The Kier molecular flexibility index (Phi) is 6.68. The molecule has 1 aliphatic heterocycles. The molecule has 0 atom stereocenters. The van der Waals surface area contributed by atoms with Crippen LogP contribution in [0.15, 0.2) is 84.6 Å². The van der Waals surface area contributed by atoms with Crippen LogP contribution < -0.4 is 19.3 Å². The Bertz CT molecular complexity index is 1200. The van der Waals surface area contributed by atoms with Crippen molar-refractivity contribution in [3.63, 3.8) is 0 Å². The number of hydrogen-bond donors (Lipinski definition) is 0. The summed E-state index contributed by atoms with van der Waals surface area (Å²) in [5, 5.41) is 0. The first-order valence-corrected chi connectivity index (χ1v) is 11.3. The Labute approximate surface area is 200 Å². The van der Waals surface area contributed by atoms with Gasteiger partial charge in [0.25, 0.3) is 11.8 Å². The molecule has 0 N–H and O–H groups in total. The highest BCUT2D eigenvalue weighted by Crippen LogP contribution is 2.37. The van der Waals surface area contributed by atoms with Crippen molar-refractivity contribution >= 4 is 28.8 Å². The molecule has 0 aromatic heterocycles. The summed E-state index contributed by atoms with van der Waals surface area (Å²) < 4.78 is 11.2. The molecule has 0 radical (unpaired) electrons. The minimum atomic E-state index is -0.377. The summed E-state index contributed by atoms with van der Waals surface area (Å²) in [6, 6.07) is 23.8. The molecule has 6 nitrogen and oxygen atoms in total. The second-order valence-electron chi connectivity index (χ2n) is 8.18. The molecule has 34 heavy (non-hydrogen) atoms. The largest absolute Gasteiger partial charge is 0.494 e. The van der Waals surface area contributed by atoms with Gasteiger partial charge in [-0.15, -0.1) is 0 Å². The van der Waals surface area contributed by atoms with Crippen molar-refractivity contribution in [1.82, 2.24) is 0 Å². The van der Waals surface area contributed by atoms with Crippen LogP contribution in [-0.2, 0) is 9.59 Å². The number of para-hydroxylation sites is 1. The Hall–Kier alpha value is -4.06. The zero-order valence-electron chi connectivity index (χ0n) is 19.8. The molecule has 0 unspecified atom stereocenters. The van der Waals surface area contributed by atoms with Crippen molar-refractivity contribution < 1.29 is 19.1 Å². The number of amides is 2. The van der Waals surface area contributed by atoms with Gasteiger partial charge < -0.3 is 14.4 Å². The number of anilines is 2. The minimum Gasteiger partial charge on any atom is -0.494 e. The summed E-state index contributed by atoms with van der Waals surface area (Å²) in [5.74, 6) is 0.640. The maximum absolute atomic E-state index is 13.7. The van der Waals surface area contributed by atoms with Crippen LogP contribution in [0.4, 0.5) is 11.4 Å². The molecule has 6 heteroatoms. The minimum absolute atomic E-state index is 0.0367. The molecule has 0 saturated heterocycles. The van der Waals surface area contributed by atoms with Gasteiger partial charge in [-0.1, -0.05) is 30.3 Å². The van der Waals surface area contributed by atoms with Crippen molar-refractivity contribution in [2.24, 2.45) is 0 Å². The second-order valence-corrected chi connectivity index (χ2v) is 8.18. The number of likely N-dealkylation sites (N-methyl/N-ethyl adjacent to an activating group) is 1. The molecular formula is C28H28N2O4. The first-order chi connectivity index (χ1) is 16.4. The summed E-state index contributed by atoms with van der Waals surface area (Å²) >= 11 is 0. The first-order valence-electron chi connectivity index (χ1n) is 11.3. The number of imide groups is 1. The molecular weight excluding hydrogens is 428 g/mol. The normalized spacial score (nSPS) is 13.6. The van der Waals surface area contributed by atoms with E-state index in [1.807, 2.05) is 75.4 Å². The predicted molar refractivity (Wildman–Crippen MR) is 134 cm³/mol. The number of hydrogen-bond acceptors (Lipinski definition) is 5. The SMILES string of the molecule is CCOc1ccc(N2C(=O)C(c3ccc(OC(C)C)cc3)=C(N(C)c3ccccc3)C2=O)cc1. The second kappa shape index (κ2) is 9.83. The first kappa shape index (κ1) is 23.1. The van der Waals surface area contributed by atoms with Gasteiger partial charge in [0.2, 0.25) is 0 Å². The third-order valence-electron chi connectivity index (χ3n) is 5.46. The van der Waals surface area contributed by atoms with Crippen molar-refractivity contribution in [2.45, 2.75) is 26.9 Å². The Morgan fingerprint density at radius 1 is 0.824 bits per heavy atom. The van der Waals surface area contributed by atoms with E-state index >= 15 is 0 Å². The van der Waals surface area contributed by atoms with E-state index in [0.29, 0.717) is 40.6 Å². The molecule has 0 bridgehead atoms. The Morgan fingerprint density at radius 3 is 2.03 bits per heavy atom. The smallest absolute Gasteiger partial charge is 0.282 e. The fraction of sp³-hybridized carbons (Fsp3) is 0.214. The predicted octanol–water partition coefficient (Wildman–Crippen LogP) is 5.29. The fourth-order valence-electron chi connectivity index (χ4n) is 3.94. The quantitative estimate of drug-likeness (QED) is 0.431. The van der Waals surface area contributed by atoms with E-state index in [0.717, 1.165) is 5.69 Å². The van der Waals surface area contributed by atoms with Gasteiger partial charge in [-0.3, -0.25) is 9.59 Å². The highest BCUT2D eigenvalue weighted by Gasteiger charge is 2.42. The van der Waals surface area contributed by atoms with Crippen molar-refractivity contribution in [1.29, 1.82) is 0 Å². The van der Waals surface area contributed by atoms with Gasteiger partial charge in [-0.2, -0.15) is 0 Å². The number of carbonyl (C=O) groups is 2. The summed E-state index contributed by atoms with van der Waals surface area (Å²) in [4.78, 5) is 30.4. The number of benzene rings is 3. The average Bonchev–Trinajstić information content (AvgIpc) is 3.10. The molecule has 1 heterocycles. The summed E-state index contributed by atoms with van der Waals surface area (Å²) in [6.07, 6.45) is 0.0367. The molecule has 0 spiro atoms. The van der Waals surface area contributed by atoms with Gasteiger partial charge in [0, 0.05) is 12.7 Å². The van der Waals surface area contributed by atoms with Crippen LogP contribution in [-0.4, -0.2) is 31.6 Å². The van der Waals surface area contributed by atoms with Gasteiger partial charge in [-0.25, -0.2) is 4.90 Å². The molecule has 3 aromatic carbocycles. The van der Waals surface area contributed by atoms with Crippen molar-refractivity contribution in [3.05, 3.63) is 90.1 Å². The van der Waals surface area contributed by atoms with Gasteiger partial charge in [0.15, 0.2) is 0 Å². The topological polar surface area (TPSA) is 59.1 Å². The van der Waals surface area contributed by atoms with E-state index in [4.69, 9.17) is 9.47 Å². The van der Waals surface area contributed by atoms with Crippen LogP contribution in [0.3, 0.4) is 0 Å². The molecule has 3 aromatic rings. The van der Waals surface area contributed by atoms with Gasteiger partial charge in [0.05, 0.1) is 24.0 Å². The standard InChI is InChI=1S/C28H28N2O4/c1-5-33-23-17-13-22(14-18-23)30-27(31)25(20-11-15-24(16-12-20)34-19(2)3)26(28(30)32)29(4)21-9-7-6-8-10-21/h6-19H,5H2,1-4H3. The van der Waals surface area contributed by atoms with E-state index in [9.17, 15) is 9.59 Å². The molecule has 4 rings (SSSR count). The van der Waals surface area contributed by atoms with Gasteiger partial charge >= 0.3 is 0 Å². The number of carbonyl (C=O) groups excluding carboxylic acids is 2. The van der Waals surface area contributed by atoms with Crippen LogP contribution in [0.5, 0.6) is 11.5 Å². The lowest BCUT2D eigenvalue weighted by molar-refractivity contribution is -0.120.